The van der Waals surface area contributed by atoms with Crippen molar-refractivity contribution in [1.82, 2.24) is 15.2 Å². The molecule has 2 aromatic rings. The zero-order valence-corrected chi connectivity index (χ0v) is 14.7. The van der Waals surface area contributed by atoms with Crippen LogP contribution in [-0.2, 0) is 17.9 Å². The van der Waals surface area contributed by atoms with Gasteiger partial charge in [0, 0.05) is 37.5 Å². The molecule has 0 bridgehead atoms. The molecule has 0 aliphatic carbocycles. The van der Waals surface area contributed by atoms with E-state index in [1.54, 1.807) is 11.3 Å². The monoisotopic (exact) mass is 345 g/mol. The summed E-state index contributed by atoms with van der Waals surface area (Å²) >= 11 is 1.61. The molecule has 3 rings (SSSR count). The first kappa shape index (κ1) is 16.9. The van der Waals surface area contributed by atoms with Crippen LogP contribution in [0.5, 0.6) is 5.75 Å². The Hall–Kier alpha value is -1.92. The van der Waals surface area contributed by atoms with Crippen LogP contribution in [0, 0.1) is 0 Å². The highest BCUT2D eigenvalue weighted by Gasteiger charge is 2.21. The number of nitrogens with one attached hydrogen (secondary N) is 1. The average Bonchev–Trinajstić information content (AvgIpc) is 3.21. The fraction of sp³-hybridized carbons (Fsp3) is 0.444. The Morgan fingerprint density at radius 1 is 1.38 bits per heavy atom. The van der Waals surface area contributed by atoms with Crippen molar-refractivity contribution in [3.05, 3.63) is 46.4 Å². The van der Waals surface area contributed by atoms with Gasteiger partial charge in [-0.15, -0.1) is 11.3 Å². The van der Waals surface area contributed by atoms with Crippen LogP contribution in [0.15, 0.2) is 35.7 Å². The summed E-state index contributed by atoms with van der Waals surface area (Å²) in [6.45, 7) is 4.98. The van der Waals surface area contributed by atoms with E-state index in [0.29, 0.717) is 19.6 Å². The van der Waals surface area contributed by atoms with Crippen LogP contribution in [-0.4, -0.2) is 34.9 Å². The maximum atomic E-state index is 11.6. The Morgan fingerprint density at radius 2 is 2.21 bits per heavy atom. The van der Waals surface area contributed by atoms with E-state index in [2.05, 4.69) is 22.6 Å². The highest BCUT2D eigenvalue weighted by molar-refractivity contribution is 7.09. The second-order valence-electron chi connectivity index (χ2n) is 6.06. The summed E-state index contributed by atoms with van der Waals surface area (Å²) in [7, 11) is 0. The summed E-state index contributed by atoms with van der Waals surface area (Å²) in [5.74, 6) is 1.13. The molecule has 0 spiro atoms. The quantitative estimate of drug-likeness (QED) is 0.799. The number of likely N-dealkylation sites (tertiary alicyclic amines) is 1. The number of amides is 1. The van der Waals surface area contributed by atoms with Crippen molar-refractivity contribution in [3.63, 3.8) is 0 Å². The molecule has 0 unspecified atom stereocenters. The lowest BCUT2D eigenvalue weighted by Crippen LogP contribution is -2.39. The van der Waals surface area contributed by atoms with Crippen LogP contribution in [0.2, 0.25) is 0 Å². The van der Waals surface area contributed by atoms with Crippen LogP contribution in [0.4, 0.5) is 0 Å². The maximum Gasteiger partial charge on any atom is 0.222 e. The summed E-state index contributed by atoms with van der Waals surface area (Å²) < 4.78 is 5.71. The highest BCUT2D eigenvalue weighted by atomic mass is 32.1. The molecule has 1 fully saturated rings. The molecule has 1 N–H and O–H groups in total. The predicted molar refractivity (Wildman–Crippen MR) is 95.0 cm³/mol. The number of hydrogen-bond donors (Lipinski definition) is 1. The topological polar surface area (TPSA) is 54.5 Å². The number of carbonyl (C=O) groups excluding carboxylic acids is 1. The van der Waals surface area contributed by atoms with Crippen molar-refractivity contribution in [2.45, 2.75) is 39.0 Å². The highest BCUT2D eigenvalue weighted by Crippen LogP contribution is 2.15. The molecule has 2 heterocycles. The van der Waals surface area contributed by atoms with E-state index >= 15 is 0 Å². The number of ether oxygens (including phenoxy) is 1. The molecule has 0 radical (unpaired) electrons. The normalized spacial score (nSPS) is 15.7. The van der Waals surface area contributed by atoms with Crippen molar-refractivity contribution < 1.29 is 9.53 Å². The van der Waals surface area contributed by atoms with Gasteiger partial charge in [-0.2, -0.15) is 0 Å². The Kier molecular flexibility index (Phi) is 5.82. The van der Waals surface area contributed by atoms with Gasteiger partial charge in [0.2, 0.25) is 5.91 Å². The van der Waals surface area contributed by atoms with Crippen LogP contribution < -0.4 is 10.1 Å². The van der Waals surface area contributed by atoms with Crippen LogP contribution in [0.25, 0.3) is 0 Å². The third-order valence-electron chi connectivity index (χ3n) is 4.00. The Labute approximate surface area is 146 Å². The van der Waals surface area contributed by atoms with E-state index < -0.39 is 0 Å². The lowest BCUT2D eigenvalue weighted by Gasteiger charge is -2.21. The molecular weight excluding hydrogens is 322 g/mol. The predicted octanol–water partition coefficient (Wildman–Crippen LogP) is 2.82. The minimum absolute atomic E-state index is 0.262. The number of para-hydroxylation sites is 1. The number of benzene rings is 1. The van der Waals surface area contributed by atoms with Crippen molar-refractivity contribution in [3.8, 4) is 5.75 Å². The fourth-order valence-corrected chi connectivity index (χ4v) is 3.43. The van der Waals surface area contributed by atoms with Crippen molar-refractivity contribution in [2.75, 3.05) is 13.1 Å². The second-order valence-corrected chi connectivity index (χ2v) is 7.00. The zero-order chi connectivity index (χ0) is 16.8. The molecule has 1 saturated heterocycles. The van der Waals surface area contributed by atoms with Crippen molar-refractivity contribution in [1.29, 1.82) is 0 Å². The van der Waals surface area contributed by atoms with Gasteiger partial charge in [0.25, 0.3) is 0 Å². The summed E-state index contributed by atoms with van der Waals surface area (Å²) in [5.41, 5.74) is 1.02. The molecule has 0 saturated carbocycles. The molecule has 1 aliphatic heterocycles. The molecule has 1 aromatic carbocycles. The Morgan fingerprint density at radius 3 is 2.96 bits per heavy atom. The lowest BCUT2D eigenvalue weighted by molar-refractivity contribution is -0.127. The summed E-state index contributed by atoms with van der Waals surface area (Å²) in [6.07, 6.45) is 1.69. The van der Waals surface area contributed by atoms with Gasteiger partial charge in [-0.05, 0) is 25.5 Å². The summed E-state index contributed by atoms with van der Waals surface area (Å²) in [6, 6.07) is 10.0. The number of carbonyl (C=O) groups is 1. The minimum atomic E-state index is 0.262. The van der Waals surface area contributed by atoms with Gasteiger partial charge in [-0.1, -0.05) is 18.2 Å². The number of thiazole rings is 1. The Balaban J connectivity index is 1.41. The summed E-state index contributed by atoms with van der Waals surface area (Å²) in [5, 5.41) is 6.47. The van der Waals surface area contributed by atoms with Gasteiger partial charge in [0.15, 0.2) is 0 Å². The fourth-order valence-electron chi connectivity index (χ4n) is 2.73. The number of hydrogen-bond acceptors (Lipinski definition) is 5. The smallest absolute Gasteiger partial charge is 0.222 e. The zero-order valence-electron chi connectivity index (χ0n) is 13.9. The first-order chi connectivity index (χ1) is 11.7. The standard InChI is InChI=1S/C18H23N3O2S/c1-14(11-21-9-5-8-18(21)22)19-10-15-13-24-17(20-15)12-23-16-6-3-2-4-7-16/h2-4,6-7,13-14,19H,5,8-12H2,1H3/t14-/m0/s1. The molecule has 6 heteroatoms. The van der Waals surface area contributed by atoms with E-state index in [4.69, 9.17) is 4.74 Å². The first-order valence-electron chi connectivity index (χ1n) is 8.33. The maximum absolute atomic E-state index is 11.6. The lowest BCUT2D eigenvalue weighted by atomic mass is 10.3. The molecule has 1 amide bonds. The molecule has 1 aliphatic rings. The SMILES string of the molecule is C[C@@H](CN1CCCC1=O)NCc1csc(COc2ccccc2)n1. The molecule has 1 aromatic heterocycles. The van der Waals surface area contributed by atoms with E-state index in [-0.39, 0.29) is 11.9 Å². The third-order valence-corrected chi connectivity index (χ3v) is 4.87. The van der Waals surface area contributed by atoms with Gasteiger partial charge in [0.1, 0.15) is 17.4 Å². The average molecular weight is 345 g/mol. The van der Waals surface area contributed by atoms with Crippen LogP contribution in [0.1, 0.15) is 30.5 Å². The minimum Gasteiger partial charge on any atom is -0.486 e. The van der Waals surface area contributed by atoms with Gasteiger partial charge in [-0.25, -0.2) is 4.98 Å². The summed E-state index contributed by atoms with van der Waals surface area (Å²) in [4.78, 5) is 18.2. The molecule has 1 atom stereocenters. The van der Waals surface area contributed by atoms with Gasteiger partial charge >= 0.3 is 0 Å². The largest absolute Gasteiger partial charge is 0.486 e. The number of rotatable bonds is 8. The van der Waals surface area contributed by atoms with E-state index in [0.717, 1.165) is 36.0 Å². The molecule has 128 valence electrons. The van der Waals surface area contributed by atoms with E-state index in [9.17, 15) is 4.79 Å². The van der Waals surface area contributed by atoms with Crippen molar-refractivity contribution >= 4 is 17.2 Å². The van der Waals surface area contributed by atoms with Crippen molar-refractivity contribution in [2.24, 2.45) is 0 Å². The van der Waals surface area contributed by atoms with Gasteiger partial charge in [0.05, 0.1) is 5.69 Å². The Bertz CT molecular complexity index is 659. The second kappa shape index (κ2) is 8.26. The van der Waals surface area contributed by atoms with E-state index in [1.807, 2.05) is 35.2 Å². The molecule has 24 heavy (non-hydrogen) atoms. The van der Waals surface area contributed by atoms with Gasteiger partial charge in [-0.3, -0.25) is 4.79 Å². The molecular formula is C18H23N3O2S. The number of aromatic nitrogens is 1. The first-order valence-corrected chi connectivity index (χ1v) is 9.21. The van der Waals surface area contributed by atoms with Crippen LogP contribution >= 0.6 is 11.3 Å². The van der Waals surface area contributed by atoms with E-state index in [1.165, 1.54) is 0 Å². The third kappa shape index (κ3) is 4.79. The molecule has 5 nitrogen and oxygen atoms in total. The van der Waals surface area contributed by atoms with Crippen LogP contribution in [0.3, 0.4) is 0 Å². The number of nitrogens with zero attached hydrogens (tertiary/aromatic N) is 2. The van der Waals surface area contributed by atoms with Gasteiger partial charge < -0.3 is 15.0 Å².